The van der Waals surface area contributed by atoms with Crippen molar-refractivity contribution >= 4 is 35.8 Å². The van der Waals surface area contributed by atoms with E-state index in [1.807, 2.05) is 48.5 Å². The highest BCUT2D eigenvalue weighted by Crippen LogP contribution is 2.50. The fourth-order valence-corrected chi connectivity index (χ4v) is 12.1. The van der Waals surface area contributed by atoms with Crippen LogP contribution in [-0.2, 0) is 32.2 Å². The molecule has 2 saturated carbocycles. The van der Waals surface area contributed by atoms with Gasteiger partial charge in [-0.25, -0.2) is 45.9 Å². The summed E-state index contributed by atoms with van der Waals surface area (Å²) >= 11 is 0. The minimum absolute atomic E-state index is 0.0130. The van der Waals surface area contributed by atoms with Crippen molar-refractivity contribution in [3.05, 3.63) is 153 Å². The number of aliphatic carboxylic acids is 2. The van der Waals surface area contributed by atoms with Gasteiger partial charge in [-0.1, -0.05) is 12.1 Å². The Morgan fingerprint density at radius 1 is 0.553 bits per heavy atom. The number of hydrogen-bond acceptors (Lipinski definition) is 12. The van der Waals surface area contributed by atoms with E-state index >= 15 is 0 Å². The highest BCUT2D eigenvalue weighted by Gasteiger charge is 2.46. The van der Waals surface area contributed by atoms with E-state index in [4.69, 9.17) is 28.9 Å². The van der Waals surface area contributed by atoms with Crippen LogP contribution in [0.5, 0.6) is 11.5 Å². The quantitative estimate of drug-likeness (QED) is 0.0689. The molecule has 4 aromatic carbocycles. The van der Waals surface area contributed by atoms with Crippen LogP contribution in [0.25, 0.3) is 22.3 Å². The second kappa shape index (κ2) is 23.8. The Morgan fingerprint density at radius 3 is 1.35 bits per heavy atom. The van der Waals surface area contributed by atoms with Gasteiger partial charge in [0.25, 0.3) is 0 Å². The summed E-state index contributed by atoms with van der Waals surface area (Å²) in [6, 6.07) is 21.4. The van der Waals surface area contributed by atoms with Crippen LogP contribution in [0.4, 0.5) is 47.6 Å². The molecule has 0 radical (unpaired) electrons. The van der Waals surface area contributed by atoms with Crippen LogP contribution in [0.15, 0.2) is 84.9 Å². The predicted octanol–water partition coefficient (Wildman–Crippen LogP) is 12.5. The number of pyridine rings is 2. The summed E-state index contributed by atoms with van der Waals surface area (Å²) in [6.07, 6.45) is 2.04. The van der Waals surface area contributed by atoms with E-state index in [1.165, 1.54) is 9.80 Å². The molecular weight excluding hydrogens is 1110 g/mol. The fourth-order valence-electron chi connectivity index (χ4n) is 12.1. The lowest BCUT2D eigenvalue weighted by Crippen LogP contribution is -2.38. The van der Waals surface area contributed by atoms with Crippen LogP contribution in [0, 0.1) is 46.7 Å². The van der Waals surface area contributed by atoms with E-state index in [9.17, 15) is 55.7 Å². The zero-order valence-corrected chi connectivity index (χ0v) is 47.0. The van der Waals surface area contributed by atoms with E-state index in [-0.39, 0.29) is 42.0 Å². The van der Waals surface area contributed by atoms with Gasteiger partial charge in [0.2, 0.25) is 0 Å². The third kappa shape index (κ3) is 11.6. The molecule has 6 heterocycles. The fraction of sp³-hybridized carbons (Fsp3) is 0.397. The van der Waals surface area contributed by atoms with Gasteiger partial charge >= 0.3 is 24.1 Å². The maximum atomic E-state index is 14.0. The van der Waals surface area contributed by atoms with Gasteiger partial charge in [0.15, 0.2) is 34.9 Å². The van der Waals surface area contributed by atoms with Crippen LogP contribution in [0.3, 0.4) is 0 Å². The number of carboxylic acid groups (broad SMARTS) is 2. The smallest absolute Gasteiger partial charge is 0.411 e. The predicted molar refractivity (Wildman–Crippen MR) is 298 cm³/mol. The number of anilines is 2. The number of carboxylic acids is 2. The number of amides is 2. The molecule has 6 atom stereocenters. The molecule has 0 unspecified atom stereocenters. The van der Waals surface area contributed by atoms with Crippen molar-refractivity contribution in [2.45, 2.75) is 108 Å². The monoisotopic (exact) mass is 1180 g/mol. The molecule has 4 aliphatic heterocycles. The van der Waals surface area contributed by atoms with Crippen molar-refractivity contribution in [2.24, 2.45) is 11.8 Å². The maximum Gasteiger partial charge on any atom is 0.411 e. The molecule has 6 fully saturated rings. The third-order valence-electron chi connectivity index (χ3n) is 17.5. The number of methoxy groups -OCH3 is 2. The lowest BCUT2D eigenvalue weighted by atomic mass is 9.78. The molecular formula is C63H62F6N6O10. The second-order valence-electron chi connectivity index (χ2n) is 22.5. The maximum absolute atomic E-state index is 14.0. The van der Waals surface area contributed by atoms with Gasteiger partial charge in [0.05, 0.1) is 62.6 Å². The molecule has 16 nitrogen and oxygen atoms in total. The molecule has 85 heavy (non-hydrogen) atoms. The number of carbonyl (C=O) groups is 4. The van der Waals surface area contributed by atoms with E-state index in [2.05, 4.69) is 15.9 Å². The zero-order valence-electron chi connectivity index (χ0n) is 47.0. The first kappa shape index (κ1) is 58.2. The highest BCUT2D eigenvalue weighted by molar-refractivity contribution is 5.79. The van der Waals surface area contributed by atoms with Crippen molar-refractivity contribution in [2.75, 3.05) is 50.2 Å². The van der Waals surface area contributed by atoms with Crippen molar-refractivity contribution in [1.82, 2.24) is 19.8 Å². The lowest BCUT2D eigenvalue weighted by molar-refractivity contribution is -0.143. The van der Waals surface area contributed by atoms with Crippen LogP contribution in [0.2, 0.25) is 0 Å². The minimum Gasteiger partial charge on any atom is -0.496 e. The number of rotatable bonds is 16. The number of benzene rings is 4. The number of aromatic nitrogens is 2. The SMILES string of the molecule is COc1ccc(C2CCC(C(=O)O)CC2)cc1-c1ccc(N2CCC2)nc1CN1C(=O)O[C@H](c2cc(F)c(F)c(F)c2)[C@@H]1C.COc1ccc([C@@H]2C[C@H]2C(=O)O)cc1-c1ccc(N2CCC2)nc1CN1C(=O)O[C@H](c2cc(F)c(F)c(F)c2)[C@@H]1C. The normalized spacial score (nSPS) is 23.3. The van der Waals surface area contributed by atoms with Gasteiger partial charge < -0.3 is 39.0 Å². The molecule has 4 saturated heterocycles. The van der Waals surface area contributed by atoms with Gasteiger partial charge in [-0.2, -0.15) is 0 Å². The lowest BCUT2D eigenvalue weighted by Gasteiger charge is -2.33. The number of carbonyl (C=O) groups excluding carboxylic acids is 2. The minimum atomic E-state index is -1.59. The molecule has 12 rings (SSSR count). The average molecular weight is 1180 g/mol. The summed E-state index contributed by atoms with van der Waals surface area (Å²) in [6.45, 7) is 6.93. The van der Waals surface area contributed by atoms with Crippen molar-refractivity contribution in [3.8, 4) is 33.8 Å². The largest absolute Gasteiger partial charge is 0.496 e. The summed E-state index contributed by atoms with van der Waals surface area (Å²) in [5.74, 6) is -8.09. The molecule has 2 amide bonds. The Morgan fingerprint density at radius 2 is 0.976 bits per heavy atom. The van der Waals surface area contributed by atoms with Gasteiger partial charge in [-0.3, -0.25) is 19.4 Å². The van der Waals surface area contributed by atoms with Crippen molar-refractivity contribution in [1.29, 1.82) is 0 Å². The molecule has 2 N–H and O–H groups in total. The number of halogens is 6. The number of cyclic esters (lactones) is 2. The van der Waals surface area contributed by atoms with Crippen molar-refractivity contribution < 1.29 is 74.7 Å². The van der Waals surface area contributed by atoms with Gasteiger partial charge in [0, 0.05) is 59.6 Å². The summed E-state index contributed by atoms with van der Waals surface area (Å²) < 4.78 is 106. The molecule has 6 aromatic rings. The molecule has 6 aliphatic rings. The Bertz CT molecular complexity index is 3550. The first-order chi connectivity index (χ1) is 40.8. The van der Waals surface area contributed by atoms with Crippen molar-refractivity contribution in [3.63, 3.8) is 0 Å². The second-order valence-corrected chi connectivity index (χ2v) is 22.5. The number of nitrogens with zero attached hydrogens (tertiary/aromatic N) is 6. The standard InChI is InChI=1S/C33H34F3N3O5.C30H28F3N3O5/c1-18-31(22-15-25(34)30(36)26(35)16-22)44-33(42)39(18)17-27-23(9-11-29(37-27)38-12-3-13-38)24-14-21(8-10-28(24)43-2)19-4-6-20(7-5-19)32(40)41;1-15-28(17-11-22(31)27(33)23(32)12-17)41-30(39)36(15)14-24-18(5-7-26(34-24)35-8-3-9-35)20-10-16(4-6-25(20)40-2)19-13-21(19)29(37)38/h8-11,14-16,18-20,31H,3-7,12-13,17H2,1-2H3,(H,40,41);4-7,10-12,15,19,21,28H,3,8-9,13-14H2,1-2H3,(H,37,38)/t18-,19?,20?,31-;15-,19-,21+,28-/m00/s1. The Balaban J connectivity index is 0.000000177. The summed E-state index contributed by atoms with van der Waals surface area (Å²) in [7, 11) is 3.13. The first-order valence-corrected chi connectivity index (χ1v) is 28.4. The first-order valence-electron chi connectivity index (χ1n) is 28.4. The van der Waals surface area contributed by atoms with Crippen LogP contribution >= 0.6 is 0 Å². The zero-order chi connectivity index (χ0) is 60.1. The molecule has 0 spiro atoms. The van der Waals surface area contributed by atoms with E-state index in [0.717, 1.165) is 110 Å². The van der Waals surface area contributed by atoms with Crippen LogP contribution in [0.1, 0.15) is 116 Å². The van der Waals surface area contributed by atoms with E-state index in [1.54, 1.807) is 34.1 Å². The van der Waals surface area contributed by atoms with E-state index in [0.29, 0.717) is 53.3 Å². The Kier molecular flexibility index (Phi) is 16.3. The Labute approximate surface area is 485 Å². The van der Waals surface area contributed by atoms with Gasteiger partial charge in [-0.15, -0.1) is 0 Å². The highest BCUT2D eigenvalue weighted by atomic mass is 19.2. The van der Waals surface area contributed by atoms with Gasteiger partial charge in [0.1, 0.15) is 35.3 Å². The molecule has 446 valence electrons. The summed E-state index contributed by atoms with van der Waals surface area (Å²) in [4.78, 5) is 66.2. The topological polar surface area (TPSA) is 184 Å². The Hall–Kier alpha value is -8.56. The summed E-state index contributed by atoms with van der Waals surface area (Å²) in [5, 5.41) is 18.9. The van der Waals surface area contributed by atoms with Gasteiger partial charge in [-0.05, 0) is 155 Å². The summed E-state index contributed by atoms with van der Waals surface area (Å²) in [5.41, 5.74) is 6.10. The van der Waals surface area contributed by atoms with Crippen LogP contribution < -0.4 is 19.3 Å². The number of hydrogen-bond donors (Lipinski definition) is 2. The molecule has 0 bridgehead atoms. The molecule has 2 aliphatic carbocycles. The van der Waals surface area contributed by atoms with Crippen LogP contribution in [-0.4, -0.2) is 107 Å². The van der Waals surface area contributed by atoms with E-state index < -0.39 is 89.2 Å². The average Bonchev–Trinajstić information content (AvgIpc) is 2.48. The third-order valence-corrected chi connectivity index (χ3v) is 17.5. The molecule has 22 heteroatoms. The molecule has 2 aromatic heterocycles. The number of ether oxygens (including phenoxy) is 4.